The molecular formula is C16H14FNO. The molecule has 1 aliphatic heterocycles. The van der Waals surface area contributed by atoms with E-state index in [1.54, 1.807) is 17.0 Å². The van der Waals surface area contributed by atoms with Crippen molar-refractivity contribution >= 4 is 5.91 Å². The van der Waals surface area contributed by atoms with E-state index >= 15 is 0 Å². The molecule has 1 amide bonds. The van der Waals surface area contributed by atoms with Gasteiger partial charge in [0.05, 0.1) is 5.56 Å². The van der Waals surface area contributed by atoms with Crippen LogP contribution in [-0.2, 0) is 13.0 Å². The zero-order chi connectivity index (χ0) is 13.2. The standard InChI is InChI=1S/C16H14FNO/c17-15-8-4-3-7-14(15)16(19)18-10-9-12-5-1-2-6-13(12)11-18/h1-8H,9-11H2. The fourth-order valence-electron chi connectivity index (χ4n) is 2.47. The maximum atomic E-state index is 13.6. The molecule has 0 saturated heterocycles. The minimum Gasteiger partial charge on any atom is -0.334 e. The number of hydrogen-bond acceptors (Lipinski definition) is 1. The van der Waals surface area contributed by atoms with E-state index in [1.165, 1.54) is 17.7 Å². The van der Waals surface area contributed by atoms with Gasteiger partial charge in [0.1, 0.15) is 5.82 Å². The third-order valence-corrected chi connectivity index (χ3v) is 3.52. The smallest absolute Gasteiger partial charge is 0.257 e. The molecule has 0 spiro atoms. The second-order valence-corrected chi connectivity index (χ2v) is 4.73. The number of amides is 1. The predicted octanol–water partition coefficient (Wildman–Crippen LogP) is 3.02. The minimum absolute atomic E-state index is 0.155. The number of carbonyl (C=O) groups is 1. The van der Waals surface area contributed by atoms with Gasteiger partial charge in [-0.25, -0.2) is 4.39 Å². The molecule has 0 bridgehead atoms. The molecule has 0 saturated carbocycles. The number of nitrogens with zero attached hydrogens (tertiary/aromatic N) is 1. The summed E-state index contributed by atoms with van der Waals surface area (Å²) in [5, 5.41) is 0. The highest BCUT2D eigenvalue weighted by Gasteiger charge is 2.23. The van der Waals surface area contributed by atoms with E-state index in [0.29, 0.717) is 13.1 Å². The van der Waals surface area contributed by atoms with Gasteiger partial charge < -0.3 is 4.90 Å². The molecule has 2 aromatic rings. The molecule has 0 atom stereocenters. The van der Waals surface area contributed by atoms with E-state index in [1.807, 2.05) is 18.2 Å². The van der Waals surface area contributed by atoms with Crippen LogP contribution in [0.1, 0.15) is 21.5 Å². The molecule has 2 aromatic carbocycles. The number of carbonyl (C=O) groups excluding carboxylic acids is 1. The Kier molecular flexibility index (Phi) is 3.03. The highest BCUT2D eigenvalue weighted by Crippen LogP contribution is 2.21. The maximum absolute atomic E-state index is 13.6. The van der Waals surface area contributed by atoms with E-state index in [4.69, 9.17) is 0 Å². The summed E-state index contributed by atoms with van der Waals surface area (Å²) in [6.07, 6.45) is 0.830. The topological polar surface area (TPSA) is 20.3 Å². The van der Waals surface area contributed by atoms with Crippen LogP contribution in [0.25, 0.3) is 0 Å². The maximum Gasteiger partial charge on any atom is 0.257 e. The molecule has 0 aliphatic carbocycles. The van der Waals surface area contributed by atoms with E-state index in [-0.39, 0.29) is 11.5 Å². The number of hydrogen-bond donors (Lipinski definition) is 0. The average Bonchev–Trinajstić information content (AvgIpc) is 2.46. The van der Waals surface area contributed by atoms with E-state index in [0.717, 1.165) is 12.0 Å². The summed E-state index contributed by atoms with van der Waals surface area (Å²) in [5.41, 5.74) is 2.58. The fraction of sp³-hybridized carbons (Fsp3) is 0.188. The van der Waals surface area contributed by atoms with Crippen LogP contribution in [-0.4, -0.2) is 17.4 Å². The zero-order valence-corrected chi connectivity index (χ0v) is 10.5. The Bertz CT molecular complexity index is 624. The van der Waals surface area contributed by atoms with Crippen LogP contribution in [0, 0.1) is 5.82 Å². The van der Waals surface area contributed by atoms with Gasteiger partial charge in [-0.05, 0) is 29.7 Å². The number of rotatable bonds is 1. The lowest BCUT2D eigenvalue weighted by Crippen LogP contribution is -2.36. The van der Waals surface area contributed by atoms with E-state index < -0.39 is 5.82 Å². The van der Waals surface area contributed by atoms with Crippen LogP contribution in [0.5, 0.6) is 0 Å². The SMILES string of the molecule is O=C(c1ccccc1F)N1CCc2ccccc2C1. The van der Waals surface area contributed by atoms with Crippen molar-refractivity contribution in [2.75, 3.05) is 6.54 Å². The first-order chi connectivity index (χ1) is 9.25. The number of halogens is 1. The summed E-state index contributed by atoms with van der Waals surface area (Å²) in [4.78, 5) is 14.0. The first-order valence-electron chi connectivity index (χ1n) is 6.36. The number of fused-ring (bicyclic) bond motifs is 1. The van der Waals surface area contributed by atoms with E-state index in [2.05, 4.69) is 6.07 Å². The molecule has 0 N–H and O–H groups in total. The van der Waals surface area contributed by atoms with Crippen LogP contribution in [0.4, 0.5) is 4.39 Å². The Morgan fingerprint density at radius 1 is 1.00 bits per heavy atom. The first-order valence-corrected chi connectivity index (χ1v) is 6.36. The quantitative estimate of drug-likeness (QED) is 0.767. The Hall–Kier alpha value is -2.16. The molecule has 0 aromatic heterocycles. The summed E-state index contributed by atoms with van der Waals surface area (Å²) in [5.74, 6) is -0.682. The van der Waals surface area contributed by atoms with Crippen molar-refractivity contribution in [1.82, 2.24) is 4.90 Å². The molecule has 19 heavy (non-hydrogen) atoms. The third kappa shape index (κ3) is 2.24. The predicted molar refractivity (Wildman–Crippen MR) is 71.3 cm³/mol. The van der Waals surface area contributed by atoms with Crippen LogP contribution in [0.2, 0.25) is 0 Å². The third-order valence-electron chi connectivity index (χ3n) is 3.52. The zero-order valence-electron chi connectivity index (χ0n) is 10.5. The van der Waals surface area contributed by atoms with Crippen LogP contribution >= 0.6 is 0 Å². The van der Waals surface area contributed by atoms with Crippen LogP contribution in [0.15, 0.2) is 48.5 Å². The average molecular weight is 255 g/mol. The molecule has 1 heterocycles. The Morgan fingerprint density at radius 3 is 2.47 bits per heavy atom. The van der Waals surface area contributed by atoms with Gasteiger partial charge in [-0.2, -0.15) is 0 Å². The van der Waals surface area contributed by atoms with Gasteiger partial charge in [0.2, 0.25) is 0 Å². The molecule has 0 unspecified atom stereocenters. The first kappa shape index (κ1) is 11.9. The molecule has 3 heteroatoms. The van der Waals surface area contributed by atoms with Gasteiger partial charge in [-0.15, -0.1) is 0 Å². The highest BCUT2D eigenvalue weighted by atomic mass is 19.1. The summed E-state index contributed by atoms with van der Waals surface area (Å²) in [6, 6.07) is 14.2. The summed E-state index contributed by atoms with van der Waals surface area (Å²) < 4.78 is 13.6. The Labute approximate surface area is 111 Å². The minimum atomic E-state index is -0.452. The number of benzene rings is 2. The fourth-order valence-corrected chi connectivity index (χ4v) is 2.47. The second-order valence-electron chi connectivity index (χ2n) is 4.73. The van der Waals surface area contributed by atoms with Gasteiger partial charge in [-0.1, -0.05) is 36.4 Å². The normalized spacial score (nSPS) is 14.1. The van der Waals surface area contributed by atoms with Crippen molar-refractivity contribution in [3.05, 3.63) is 71.0 Å². The van der Waals surface area contributed by atoms with Crippen molar-refractivity contribution in [3.63, 3.8) is 0 Å². The van der Waals surface area contributed by atoms with Crippen molar-refractivity contribution in [1.29, 1.82) is 0 Å². The lowest BCUT2D eigenvalue weighted by atomic mass is 9.99. The molecule has 1 aliphatic rings. The van der Waals surface area contributed by atoms with Crippen molar-refractivity contribution in [3.8, 4) is 0 Å². The lowest BCUT2D eigenvalue weighted by Gasteiger charge is -2.29. The highest BCUT2D eigenvalue weighted by molar-refractivity contribution is 5.94. The van der Waals surface area contributed by atoms with Crippen LogP contribution in [0.3, 0.4) is 0 Å². The van der Waals surface area contributed by atoms with Gasteiger partial charge in [-0.3, -0.25) is 4.79 Å². The summed E-state index contributed by atoms with van der Waals surface area (Å²) >= 11 is 0. The largest absolute Gasteiger partial charge is 0.334 e. The van der Waals surface area contributed by atoms with Gasteiger partial charge in [0, 0.05) is 13.1 Å². The van der Waals surface area contributed by atoms with Crippen molar-refractivity contribution in [2.45, 2.75) is 13.0 Å². The van der Waals surface area contributed by atoms with Gasteiger partial charge in [0.25, 0.3) is 5.91 Å². The van der Waals surface area contributed by atoms with Gasteiger partial charge in [0.15, 0.2) is 0 Å². The summed E-state index contributed by atoms with van der Waals surface area (Å²) in [7, 11) is 0. The molecule has 3 rings (SSSR count). The lowest BCUT2D eigenvalue weighted by molar-refractivity contribution is 0.0730. The molecule has 0 radical (unpaired) electrons. The second kappa shape index (κ2) is 4.84. The Balaban J connectivity index is 1.86. The van der Waals surface area contributed by atoms with Crippen molar-refractivity contribution in [2.24, 2.45) is 0 Å². The monoisotopic (exact) mass is 255 g/mol. The molecule has 2 nitrogen and oxygen atoms in total. The molecule has 0 fully saturated rings. The summed E-state index contributed by atoms with van der Waals surface area (Å²) in [6.45, 7) is 1.20. The van der Waals surface area contributed by atoms with Gasteiger partial charge >= 0.3 is 0 Å². The molecule has 96 valence electrons. The van der Waals surface area contributed by atoms with Crippen LogP contribution < -0.4 is 0 Å². The van der Waals surface area contributed by atoms with E-state index in [9.17, 15) is 9.18 Å². The Morgan fingerprint density at radius 2 is 1.68 bits per heavy atom. The van der Waals surface area contributed by atoms with Crippen molar-refractivity contribution < 1.29 is 9.18 Å². The molecular weight excluding hydrogens is 241 g/mol.